The quantitative estimate of drug-likeness (QED) is 0.279. The summed E-state index contributed by atoms with van der Waals surface area (Å²) in [5.74, 6) is 2.76. The lowest BCUT2D eigenvalue weighted by Crippen LogP contribution is -2.76. The van der Waals surface area contributed by atoms with Crippen LogP contribution in [0.15, 0.2) is 71.2 Å². The van der Waals surface area contributed by atoms with E-state index in [1.54, 1.807) is 0 Å². The highest BCUT2D eigenvalue weighted by Gasteiger charge is 2.72. The van der Waals surface area contributed by atoms with Crippen LogP contribution in [0.5, 0.6) is 11.5 Å². The largest absolute Gasteiger partial charge is 0.485 e. The van der Waals surface area contributed by atoms with E-state index in [2.05, 4.69) is 87.6 Å². The van der Waals surface area contributed by atoms with Gasteiger partial charge in [0.25, 0.3) is 0 Å². The fourth-order valence-corrected chi connectivity index (χ4v) is 8.64. The molecule has 2 bridgehead atoms. The summed E-state index contributed by atoms with van der Waals surface area (Å²) >= 11 is 3.59. The van der Waals surface area contributed by atoms with Crippen LogP contribution in [0.25, 0.3) is 0 Å². The van der Waals surface area contributed by atoms with E-state index in [1.165, 1.54) is 41.6 Å². The molecule has 2 aliphatic heterocycles. The minimum absolute atomic E-state index is 0.111. The van der Waals surface area contributed by atoms with Crippen LogP contribution < -0.4 is 9.47 Å². The van der Waals surface area contributed by atoms with Crippen molar-refractivity contribution in [2.75, 3.05) is 13.1 Å². The molecule has 202 valence electrons. The van der Waals surface area contributed by atoms with Gasteiger partial charge in [-0.25, -0.2) is 0 Å². The molecule has 0 aromatic heterocycles. The minimum Gasteiger partial charge on any atom is -0.485 e. The van der Waals surface area contributed by atoms with Gasteiger partial charge in [-0.1, -0.05) is 64.5 Å². The van der Waals surface area contributed by atoms with Crippen LogP contribution in [0.1, 0.15) is 60.8 Å². The van der Waals surface area contributed by atoms with Crippen LogP contribution in [0.2, 0.25) is 0 Å². The smallest absolute Gasteiger partial charge is 0.165 e. The molecule has 3 aromatic rings. The Morgan fingerprint density at radius 2 is 1.72 bits per heavy atom. The van der Waals surface area contributed by atoms with Crippen LogP contribution in [-0.4, -0.2) is 35.7 Å². The van der Waals surface area contributed by atoms with Crippen LogP contribution >= 0.6 is 15.9 Å². The summed E-state index contributed by atoms with van der Waals surface area (Å²) in [6.07, 6.45) is 8.39. The van der Waals surface area contributed by atoms with Gasteiger partial charge in [0.15, 0.2) is 11.5 Å². The predicted molar refractivity (Wildman–Crippen MR) is 155 cm³/mol. The topological polar surface area (TPSA) is 30.9 Å². The standard InChI is InChI=1S/C34H36BrNO3/c35-27-13-10-25(11-14-27)22-38-34-16-4-7-30-33(34)17-18-36(20-23-8-9-23)29(34)19-26-12-15-28(32(39-30)31(26)33)37-21-24-5-2-1-3-6-24/h1-3,5-6,10-15,23,29-30H,4,7-9,16-22H2/t29-,30?,33-,34-/m1/s1. The van der Waals surface area contributed by atoms with E-state index in [1.807, 2.05) is 0 Å². The lowest BCUT2D eigenvalue weighted by Gasteiger charge is -2.65. The summed E-state index contributed by atoms with van der Waals surface area (Å²) in [5, 5.41) is 0. The van der Waals surface area contributed by atoms with Crippen molar-refractivity contribution >= 4 is 15.9 Å². The van der Waals surface area contributed by atoms with E-state index < -0.39 is 0 Å². The molecule has 5 aliphatic rings. The molecule has 39 heavy (non-hydrogen) atoms. The van der Waals surface area contributed by atoms with Crippen molar-refractivity contribution in [2.24, 2.45) is 5.92 Å². The molecule has 8 rings (SSSR count). The highest BCUT2D eigenvalue weighted by atomic mass is 79.9. The number of hydrogen-bond acceptors (Lipinski definition) is 4. The second-order valence-corrected chi connectivity index (χ2v) is 13.3. The molecule has 0 radical (unpaired) electrons. The summed E-state index contributed by atoms with van der Waals surface area (Å²) in [4.78, 5) is 2.81. The summed E-state index contributed by atoms with van der Waals surface area (Å²) in [6.45, 7) is 3.55. The number of benzene rings is 3. The number of halogens is 1. The van der Waals surface area contributed by atoms with Gasteiger partial charge in [-0.15, -0.1) is 0 Å². The Morgan fingerprint density at radius 3 is 2.54 bits per heavy atom. The molecular weight excluding hydrogens is 550 g/mol. The molecule has 5 heteroatoms. The fraction of sp³-hybridized carbons (Fsp3) is 0.471. The van der Waals surface area contributed by atoms with Crippen molar-refractivity contribution in [1.82, 2.24) is 4.90 Å². The Balaban J connectivity index is 1.21. The lowest BCUT2D eigenvalue weighted by atomic mass is 9.49. The predicted octanol–water partition coefficient (Wildman–Crippen LogP) is 7.21. The molecule has 1 saturated heterocycles. The number of rotatable bonds is 8. The highest BCUT2D eigenvalue weighted by Crippen LogP contribution is 2.67. The van der Waals surface area contributed by atoms with Crippen molar-refractivity contribution in [3.8, 4) is 11.5 Å². The first-order chi connectivity index (χ1) is 19.2. The molecule has 3 aromatic carbocycles. The number of nitrogens with zero attached hydrogens (tertiary/aromatic N) is 1. The van der Waals surface area contributed by atoms with E-state index in [0.717, 1.165) is 60.5 Å². The maximum absolute atomic E-state index is 7.34. The zero-order chi connectivity index (χ0) is 26.0. The molecule has 4 atom stereocenters. The second kappa shape index (κ2) is 9.36. The summed E-state index contributed by atoms with van der Waals surface area (Å²) in [7, 11) is 0. The van der Waals surface area contributed by atoms with Crippen LogP contribution in [-0.2, 0) is 29.8 Å². The van der Waals surface area contributed by atoms with Gasteiger partial charge in [-0.3, -0.25) is 4.90 Å². The lowest BCUT2D eigenvalue weighted by molar-refractivity contribution is -0.221. The first-order valence-corrected chi connectivity index (χ1v) is 15.6. The highest BCUT2D eigenvalue weighted by molar-refractivity contribution is 9.10. The molecule has 0 amide bonds. The normalized spacial score (nSPS) is 30.5. The van der Waals surface area contributed by atoms with Crippen molar-refractivity contribution in [3.05, 3.63) is 93.5 Å². The maximum Gasteiger partial charge on any atom is 0.165 e. The molecule has 3 aliphatic carbocycles. The molecule has 2 saturated carbocycles. The van der Waals surface area contributed by atoms with Gasteiger partial charge >= 0.3 is 0 Å². The maximum atomic E-state index is 7.34. The Hall–Kier alpha value is -2.34. The fourth-order valence-electron chi connectivity index (χ4n) is 8.37. The van der Waals surface area contributed by atoms with E-state index >= 15 is 0 Å². The molecule has 4 nitrogen and oxygen atoms in total. The summed E-state index contributed by atoms with van der Waals surface area (Å²) in [5.41, 5.74) is 4.93. The summed E-state index contributed by atoms with van der Waals surface area (Å²) < 4.78 is 21.9. The average molecular weight is 587 g/mol. The Kier molecular flexibility index (Phi) is 5.87. The molecule has 3 fully saturated rings. The Morgan fingerprint density at radius 1 is 0.897 bits per heavy atom. The van der Waals surface area contributed by atoms with Gasteiger partial charge < -0.3 is 14.2 Å². The number of piperidine rings is 1. The Bertz CT molecular complexity index is 1370. The SMILES string of the molecule is Brc1ccc(CO[C@@]23CCCC4Oc5c(OCc6ccccc6)ccc6c5[C@@]42CCN(CC2CC2)[C@@H]3C6)cc1. The van der Waals surface area contributed by atoms with Gasteiger partial charge in [0.1, 0.15) is 12.7 Å². The number of likely N-dealkylation sites (tertiary alicyclic amines) is 1. The first kappa shape index (κ1) is 24.5. The molecule has 2 heterocycles. The monoisotopic (exact) mass is 585 g/mol. The minimum atomic E-state index is -0.244. The van der Waals surface area contributed by atoms with Crippen LogP contribution in [0.3, 0.4) is 0 Å². The second-order valence-electron chi connectivity index (χ2n) is 12.4. The molecule has 0 N–H and O–H groups in total. The van der Waals surface area contributed by atoms with Gasteiger partial charge in [0.2, 0.25) is 0 Å². The number of ether oxygens (including phenoxy) is 3. The van der Waals surface area contributed by atoms with Crippen molar-refractivity contribution < 1.29 is 14.2 Å². The van der Waals surface area contributed by atoms with Gasteiger partial charge in [0.05, 0.1) is 17.6 Å². The van der Waals surface area contributed by atoms with Crippen molar-refractivity contribution in [3.63, 3.8) is 0 Å². The number of hydrogen-bond donors (Lipinski definition) is 0. The van der Waals surface area contributed by atoms with Crippen LogP contribution in [0.4, 0.5) is 0 Å². The van der Waals surface area contributed by atoms with Gasteiger partial charge in [-0.05, 0) is 92.3 Å². The van der Waals surface area contributed by atoms with Crippen molar-refractivity contribution in [1.29, 1.82) is 0 Å². The first-order valence-electron chi connectivity index (χ1n) is 14.8. The van der Waals surface area contributed by atoms with E-state index in [4.69, 9.17) is 14.2 Å². The third-order valence-corrected chi connectivity index (χ3v) is 10.8. The molecule has 1 unspecified atom stereocenters. The van der Waals surface area contributed by atoms with Crippen LogP contribution in [0, 0.1) is 5.92 Å². The van der Waals surface area contributed by atoms with E-state index in [0.29, 0.717) is 19.3 Å². The zero-order valence-electron chi connectivity index (χ0n) is 22.4. The molecule has 1 spiro atoms. The zero-order valence-corrected chi connectivity index (χ0v) is 24.0. The van der Waals surface area contributed by atoms with Gasteiger partial charge in [-0.2, -0.15) is 0 Å². The van der Waals surface area contributed by atoms with Gasteiger partial charge in [0, 0.05) is 22.6 Å². The third-order valence-electron chi connectivity index (χ3n) is 10.3. The average Bonchev–Trinajstić information content (AvgIpc) is 3.72. The van der Waals surface area contributed by atoms with Crippen molar-refractivity contribution in [2.45, 2.75) is 81.3 Å². The van der Waals surface area contributed by atoms with E-state index in [-0.39, 0.29) is 17.1 Å². The molecular formula is C34H36BrNO3. The summed E-state index contributed by atoms with van der Waals surface area (Å²) in [6, 6.07) is 24.0. The van der Waals surface area contributed by atoms with E-state index in [9.17, 15) is 0 Å². The Labute approximate surface area is 239 Å². The third kappa shape index (κ3) is 3.83.